The molecule has 1 saturated heterocycles. The van der Waals surface area contributed by atoms with E-state index in [1.807, 2.05) is 14.1 Å². The minimum atomic E-state index is -3.71. The summed E-state index contributed by atoms with van der Waals surface area (Å²) >= 11 is 0. The molecule has 0 radical (unpaired) electrons. The molecule has 194 valence electrons. The quantitative estimate of drug-likeness (QED) is 0.291. The van der Waals surface area contributed by atoms with Crippen LogP contribution in [-0.2, 0) is 10.0 Å². The molecule has 37 heavy (non-hydrogen) atoms. The first-order valence-corrected chi connectivity index (χ1v) is 13.6. The van der Waals surface area contributed by atoms with Crippen LogP contribution in [0.25, 0.3) is 11.3 Å². The summed E-state index contributed by atoms with van der Waals surface area (Å²) in [5.41, 5.74) is 2.18. The lowest BCUT2D eigenvalue weighted by Gasteiger charge is -2.37. The van der Waals surface area contributed by atoms with Crippen molar-refractivity contribution in [2.75, 3.05) is 53.4 Å². The number of carbonyl (C=O) groups excluding carboxylic acids is 1. The predicted octanol–water partition coefficient (Wildman–Crippen LogP) is 1.72. The average molecular weight is 523 g/mol. The first-order valence-electron chi connectivity index (χ1n) is 12.1. The number of aromatic hydroxyl groups is 1. The van der Waals surface area contributed by atoms with Crippen LogP contribution in [0.5, 0.6) is 5.88 Å². The van der Waals surface area contributed by atoms with Crippen LogP contribution in [-0.4, -0.2) is 98.3 Å². The van der Waals surface area contributed by atoms with Crippen LogP contribution >= 0.6 is 0 Å². The standard InChI is InChI=1S/C26H30N6O4S/c1-30(2)32-15-13-31(14-16-32)12-11-28-37(35,36)18-9-7-17(8-10-18)24-22-21(26(34)29-24)23(27)19-5-3-4-6-20(19)25(22)33/h3-10,27-29,34H,11-16H2,1-2H3. The number of rotatable bonds is 7. The molecule has 5 rings (SSSR count). The van der Waals surface area contributed by atoms with Crippen molar-refractivity contribution in [1.82, 2.24) is 24.6 Å². The summed E-state index contributed by atoms with van der Waals surface area (Å²) in [6.07, 6.45) is 0. The maximum absolute atomic E-state index is 13.2. The highest BCUT2D eigenvalue weighted by atomic mass is 32.2. The molecule has 1 aliphatic heterocycles. The van der Waals surface area contributed by atoms with Crippen LogP contribution in [0, 0.1) is 5.41 Å². The van der Waals surface area contributed by atoms with Gasteiger partial charge in [0, 0.05) is 64.5 Å². The molecule has 2 heterocycles. The van der Waals surface area contributed by atoms with Gasteiger partial charge in [0.05, 0.1) is 27.4 Å². The lowest BCUT2D eigenvalue weighted by Crippen LogP contribution is -2.52. The fourth-order valence-corrected chi connectivity index (χ4v) is 5.95. The Balaban J connectivity index is 1.30. The molecule has 2 aromatic carbocycles. The molecular formula is C26H30N6O4S. The molecule has 1 fully saturated rings. The zero-order chi connectivity index (χ0) is 26.3. The average Bonchev–Trinajstić information content (AvgIpc) is 3.25. The van der Waals surface area contributed by atoms with E-state index in [9.17, 15) is 18.3 Å². The van der Waals surface area contributed by atoms with E-state index in [4.69, 9.17) is 5.41 Å². The SMILES string of the molecule is CN(C)N1CCN(CCNS(=O)(=O)c2ccc(-c3[nH]c(O)c4c3C(=O)c3ccccc3C4=N)cc2)CC1. The monoisotopic (exact) mass is 522 g/mol. The van der Waals surface area contributed by atoms with Gasteiger partial charge in [-0.2, -0.15) is 0 Å². The molecule has 1 aliphatic carbocycles. The number of nitrogens with zero attached hydrogens (tertiary/aromatic N) is 3. The van der Waals surface area contributed by atoms with Crippen molar-refractivity contribution in [3.05, 3.63) is 70.8 Å². The summed E-state index contributed by atoms with van der Waals surface area (Å²) in [5.74, 6) is -0.555. The predicted molar refractivity (Wildman–Crippen MR) is 141 cm³/mol. The number of nitrogens with one attached hydrogen (secondary N) is 3. The zero-order valence-electron chi connectivity index (χ0n) is 20.8. The van der Waals surface area contributed by atoms with Crippen LogP contribution in [0.15, 0.2) is 53.4 Å². The van der Waals surface area contributed by atoms with Gasteiger partial charge in [0.1, 0.15) is 0 Å². The van der Waals surface area contributed by atoms with Crippen molar-refractivity contribution in [1.29, 1.82) is 5.41 Å². The molecule has 0 atom stereocenters. The summed E-state index contributed by atoms with van der Waals surface area (Å²) < 4.78 is 28.4. The third kappa shape index (κ3) is 4.72. The molecule has 4 N–H and O–H groups in total. The minimum Gasteiger partial charge on any atom is -0.494 e. The van der Waals surface area contributed by atoms with Gasteiger partial charge in [-0.05, 0) is 17.7 Å². The Morgan fingerprint density at radius 2 is 1.65 bits per heavy atom. The lowest BCUT2D eigenvalue weighted by molar-refractivity contribution is -0.0180. The van der Waals surface area contributed by atoms with Crippen molar-refractivity contribution in [2.24, 2.45) is 0 Å². The molecule has 2 aliphatic rings. The first-order chi connectivity index (χ1) is 17.7. The van der Waals surface area contributed by atoms with Gasteiger partial charge in [0.25, 0.3) is 0 Å². The zero-order valence-corrected chi connectivity index (χ0v) is 21.6. The molecule has 1 aromatic heterocycles. The van der Waals surface area contributed by atoms with Gasteiger partial charge in [-0.1, -0.05) is 36.4 Å². The van der Waals surface area contributed by atoms with E-state index in [0.717, 1.165) is 26.2 Å². The van der Waals surface area contributed by atoms with Crippen molar-refractivity contribution in [3.8, 4) is 17.1 Å². The molecule has 0 saturated carbocycles. The van der Waals surface area contributed by atoms with E-state index in [-0.39, 0.29) is 33.4 Å². The summed E-state index contributed by atoms with van der Waals surface area (Å²) in [7, 11) is 0.324. The van der Waals surface area contributed by atoms with E-state index in [0.29, 0.717) is 35.5 Å². The summed E-state index contributed by atoms with van der Waals surface area (Å²) in [4.78, 5) is 18.4. The second-order valence-corrected chi connectivity index (χ2v) is 11.2. The number of hydrogen-bond donors (Lipinski definition) is 4. The van der Waals surface area contributed by atoms with Crippen LogP contribution in [0.2, 0.25) is 0 Å². The van der Waals surface area contributed by atoms with Gasteiger partial charge in [0.2, 0.25) is 10.0 Å². The molecule has 10 nitrogen and oxygen atoms in total. The van der Waals surface area contributed by atoms with Gasteiger partial charge >= 0.3 is 0 Å². The maximum atomic E-state index is 13.2. The van der Waals surface area contributed by atoms with Gasteiger partial charge in [-0.25, -0.2) is 23.2 Å². The highest BCUT2D eigenvalue weighted by Gasteiger charge is 2.34. The Morgan fingerprint density at radius 3 is 2.30 bits per heavy atom. The third-order valence-electron chi connectivity index (χ3n) is 6.99. The largest absolute Gasteiger partial charge is 0.494 e. The van der Waals surface area contributed by atoms with E-state index in [1.165, 1.54) is 12.1 Å². The second-order valence-electron chi connectivity index (χ2n) is 9.41. The van der Waals surface area contributed by atoms with Crippen molar-refractivity contribution in [3.63, 3.8) is 0 Å². The van der Waals surface area contributed by atoms with Crippen molar-refractivity contribution < 1.29 is 18.3 Å². The van der Waals surface area contributed by atoms with Gasteiger partial charge < -0.3 is 10.1 Å². The van der Waals surface area contributed by atoms with Crippen LogP contribution in [0.3, 0.4) is 0 Å². The van der Waals surface area contributed by atoms with Crippen LogP contribution in [0.4, 0.5) is 0 Å². The topological polar surface area (TPSA) is 133 Å². The Hall–Kier alpha value is -3.35. The summed E-state index contributed by atoms with van der Waals surface area (Å²) in [6, 6.07) is 13.0. The molecule has 0 bridgehead atoms. The normalized spacial score (nSPS) is 16.7. The number of aromatic amines is 1. The second kappa shape index (κ2) is 9.84. The number of fused-ring (bicyclic) bond motifs is 2. The smallest absolute Gasteiger partial charge is 0.240 e. The molecule has 0 spiro atoms. The van der Waals surface area contributed by atoms with Gasteiger partial charge in [-0.15, -0.1) is 0 Å². The first kappa shape index (κ1) is 25.3. The number of aromatic nitrogens is 1. The summed E-state index contributed by atoms with van der Waals surface area (Å²) in [6.45, 7) is 4.51. The number of sulfonamides is 1. The number of ketones is 1. The summed E-state index contributed by atoms with van der Waals surface area (Å²) in [5, 5.41) is 23.4. The highest BCUT2D eigenvalue weighted by molar-refractivity contribution is 7.89. The Labute approximate surface area is 216 Å². The van der Waals surface area contributed by atoms with Gasteiger partial charge in [-0.3, -0.25) is 15.1 Å². The number of hydrazine groups is 1. The molecule has 11 heteroatoms. The Kier molecular flexibility index (Phi) is 6.73. The number of H-pyrrole nitrogens is 1. The Bertz CT molecular complexity index is 1450. The molecule has 0 amide bonds. The number of benzene rings is 2. The number of carbonyl (C=O) groups is 1. The van der Waals surface area contributed by atoms with Crippen molar-refractivity contribution >= 4 is 21.5 Å². The number of hydrogen-bond acceptors (Lipinski definition) is 8. The lowest BCUT2D eigenvalue weighted by atomic mass is 9.84. The molecular weight excluding hydrogens is 492 g/mol. The minimum absolute atomic E-state index is 0.0664. The van der Waals surface area contributed by atoms with Crippen LogP contribution < -0.4 is 4.72 Å². The van der Waals surface area contributed by atoms with E-state index in [1.54, 1.807) is 36.4 Å². The van der Waals surface area contributed by atoms with E-state index >= 15 is 0 Å². The van der Waals surface area contributed by atoms with E-state index < -0.39 is 10.0 Å². The molecule has 0 unspecified atom stereocenters. The number of piperazine rings is 1. The maximum Gasteiger partial charge on any atom is 0.240 e. The fraction of sp³-hybridized carbons (Fsp3) is 0.308. The van der Waals surface area contributed by atoms with Crippen molar-refractivity contribution in [2.45, 2.75) is 4.90 Å². The highest BCUT2D eigenvalue weighted by Crippen LogP contribution is 2.39. The Morgan fingerprint density at radius 1 is 1.00 bits per heavy atom. The van der Waals surface area contributed by atoms with E-state index in [2.05, 4.69) is 24.6 Å². The van der Waals surface area contributed by atoms with Gasteiger partial charge in [0.15, 0.2) is 11.7 Å². The van der Waals surface area contributed by atoms with Crippen LogP contribution in [0.1, 0.15) is 27.0 Å². The molecule has 3 aromatic rings. The fourth-order valence-electron chi connectivity index (χ4n) is 4.93. The third-order valence-corrected chi connectivity index (χ3v) is 8.46.